The number of para-hydroxylation sites is 1. The third kappa shape index (κ3) is 2.82. The van der Waals surface area contributed by atoms with E-state index in [2.05, 4.69) is 10.3 Å². The van der Waals surface area contributed by atoms with E-state index in [4.69, 9.17) is 9.15 Å². The molecule has 0 aliphatic rings. The zero-order valence-corrected chi connectivity index (χ0v) is 14.8. The first-order valence-corrected chi connectivity index (χ1v) is 8.66. The SMILES string of the molecule is COc1cccc2cc(C(=O)Nc3ccc4nc(C)sc4c3)c(=O)oc12. The van der Waals surface area contributed by atoms with Crippen molar-refractivity contribution in [1.82, 2.24) is 4.98 Å². The summed E-state index contributed by atoms with van der Waals surface area (Å²) in [6, 6.07) is 12.1. The third-order valence-electron chi connectivity index (χ3n) is 3.94. The number of ether oxygens (including phenoxy) is 1. The molecular formula is C19H14N2O4S. The number of rotatable bonds is 3. The third-order valence-corrected chi connectivity index (χ3v) is 4.88. The van der Waals surface area contributed by atoms with Gasteiger partial charge in [0, 0.05) is 11.1 Å². The van der Waals surface area contributed by atoms with Crippen molar-refractivity contribution < 1.29 is 13.9 Å². The summed E-state index contributed by atoms with van der Waals surface area (Å²) < 4.78 is 11.4. The van der Waals surface area contributed by atoms with Crippen LogP contribution in [-0.4, -0.2) is 18.0 Å². The van der Waals surface area contributed by atoms with E-state index in [0.29, 0.717) is 22.4 Å². The molecule has 130 valence electrons. The average Bonchev–Trinajstić information content (AvgIpc) is 2.99. The van der Waals surface area contributed by atoms with Gasteiger partial charge in [0.2, 0.25) is 0 Å². The van der Waals surface area contributed by atoms with Gasteiger partial charge in [-0.1, -0.05) is 12.1 Å². The zero-order chi connectivity index (χ0) is 18.3. The number of carbonyl (C=O) groups is 1. The minimum absolute atomic E-state index is 0.0636. The van der Waals surface area contributed by atoms with Gasteiger partial charge in [-0.15, -0.1) is 11.3 Å². The van der Waals surface area contributed by atoms with Gasteiger partial charge in [-0.25, -0.2) is 9.78 Å². The van der Waals surface area contributed by atoms with E-state index in [1.807, 2.05) is 19.1 Å². The molecule has 0 unspecified atom stereocenters. The van der Waals surface area contributed by atoms with Gasteiger partial charge in [-0.2, -0.15) is 0 Å². The van der Waals surface area contributed by atoms with Gasteiger partial charge in [-0.3, -0.25) is 4.79 Å². The maximum atomic E-state index is 12.6. The van der Waals surface area contributed by atoms with Gasteiger partial charge in [0.25, 0.3) is 5.91 Å². The second-order valence-electron chi connectivity index (χ2n) is 5.70. The number of hydrogen-bond donors (Lipinski definition) is 1. The summed E-state index contributed by atoms with van der Waals surface area (Å²) in [6.45, 7) is 1.93. The molecule has 1 N–H and O–H groups in total. The van der Waals surface area contributed by atoms with Gasteiger partial charge in [0.15, 0.2) is 11.3 Å². The van der Waals surface area contributed by atoms with Crippen LogP contribution >= 0.6 is 11.3 Å². The van der Waals surface area contributed by atoms with E-state index in [1.54, 1.807) is 35.6 Å². The number of thiazole rings is 1. The molecule has 0 saturated heterocycles. The fourth-order valence-electron chi connectivity index (χ4n) is 2.75. The van der Waals surface area contributed by atoms with E-state index in [9.17, 15) is 9.59 Å². The Morgan fingerprint density at radius 2 is 2.08 bits per heavy atom. The Kier molecular flexibility index (Phi) is 3.93. The lowest BCUT2D eigenvalue weighted by molar-refractivity contribution is 0.102. The Bertz CT molecular complexity index is 1210. The summed E-state index contributed by atoms with van der Waals surface area (Å²) in [5.74, 6) is -0.0818. The van der Waals surface area contributed by atoms with Crippen LogP contribution in [0, 0.1) is 6.92 Å². The average molecular weight is 366 g/mol. The Morgan fingerprint density at radius 1 is 1.23 bits per heavy atom. The molecule has 0 aliphatic heterocycles. The monoisotopic (exact) mass is 366 g/mol. The molecule has 2 heterocycles. The summed E-state index contributed by atoms with van der Waals surface area (Å²) >= 11 is 1.54. The predicted molar refractivity (Wildman–Crippen MR) is 101 cm³/mol. The van der Waals surface area contributed by atoms with Crippen LogP contribution in [0.4, 0.5) is 5.69 Å². The van der Waals surface area contributed by atoms with Crippen molar-refractivity contribution in [3.63, 3.8) is 0 Å². The van der Waals surface area contributed by atoms with Crippen molar-refractivity contribution in [2.75, 3.05) is 12.4 Å². The molecule has 7 heteroatoms. The number of hydrogen-bond acceptors (Lipinski definition) is 6. The highest BCUT2D eigenvalue weighted by atomic mass is 32.1. The highest BCUT2D eigenvalue weighted by molar-refractivity contribution is 7.18. The molecule has 0 radical (unpaired) electrons. The minimum Gasteiger partial charge on any atom is -0.493 e. The van der Waals surface area contributed by atoms with Crippen LogP contribution in [0.2, 0.25) is 0 Å². The Hall–Kier alpha value is -3.19. The maximum Gasteiger partial charge on any atom is 0.349 e. The van der Waals surface area contributed by atoms with Crippen LogP contribution in [0.25, 0.3) is 21.2 Å². The molecule has 0 bridgehead atoms. The number of nitrogens with zero attached hydrogens (tertiary/aromatic N) is 1. The number of carbonyl (C=O) groups excluding carboxylic acids is 1. The summed E-state index contributed by atoms with van der Waals surface area (Å²) in [7, 11) is 1.49. The quantitative estimate of drug-likeness (QED) is 0.555. The van der Waals surface area contributed by atoms with Gasteiger partial charge in [0.05, 0.1) is 22.3 Å². The first-order valence-electron chi connectivity index (χ1n) is 7.84. The van der Waals surface area contributed by atoms with E-state index in [-0.39, 0.29) is 5.56 Å². The number of aromatic nitrogens is 1. The number of aryl methyl sites for hydroxylation is 1. The first kappa shape index (κ1) is 16.3. The lowest BCUT2D eigenvalue weighted by Crippen LogP contribution is -2.20. The first-order chi connectivity index (χ1) is 12.5. The number of anilines is 1. The van der Waals surface area contributed by atoms with Gasteiger partial charge in [0.1, 0.15) is 5.56 Å². The summed E-state index contributed by atoms with van der Waals surface area (Å²) in [5.41, 5.74) is 1.01. The Labute approximate surface area is 152 Å². The molecule has 4 rings (SSSR count). The largest absolute Gasteiger partial charge is 0.493 e. The normalized spacial score (nSPS) is 11.0. The van der Waals surface area contributed by atoms with Crippen LogP contribution in [0.3, 0.4) is 0 Å². The molecule has 2 aromatic heterocycles. The van der Waals surface area contributed by atoms with E-state index in [0.717, 1.165) is 15.2 Å². The molecule has 4 aromatic rings. The minimum atomic E-state index is -0.714. The molecule has 0 atom stereocenters. The van der Waals surface area contributed by atoms with Crippen molar-refractivity contribution in [2.45, 2.75) is 6.92 Å². The van der Waals surface area contributed by atoms with Crippen molar-refractivity contribution >= 4 is 44.1 Å². The summed E-state index contributed by atoms with van der Waals surface area (Å²) in [4.78, 5) is 29.2. The van der Waals surface area contributed by atoms with E-state index in [1.165, 1.54) is 13.2 Å². The highest BCUT2D eigenvalue weighted by Gasteiger charge is 2.16. The molecule has 0 saturated carbocycles. The molecule has 0 fully saturated rings. The number of fused-ring (bicyclic) bond motifs is 2. The van der Waals surface area contributed by atoms with Gasteiger partial charge >= 0.3 is 5.63 Å². The molecule has 2 aromatic carbocycles. The second-order valence-corrected chi connectivity index (χ2v) is 6.93. The topological polar surface area (TPSA) is 81.4 Å². The zero-order valence-electron chi connectivity index (χ0n) is 14.0. The van der Waals surface area contributed by atoms with Crippen LogP contribution in [-0.2, 0) is 0 Å². The predicted octanol–water partition coefficient (Wildman–Crippen LogP) is 3.97. The molecule has 0 aliphatic carbocycles. The van der Waals surface area contributed by atoms with Gasteiger partial charge < -0.3 is 14.5 Å². The number of amides is 1. The summed E-state index contributed by atoms with van der Waals surface area (Å²) in [6.07, 6.45) is 0. The van der Waals surface area contributed by atoms with Crippen molar-refractivity contribution in [1.29, 1.82) is 0 Å². The van der Waals surface area contributed by atoms with E-state index < -0.39 is 11.5 Å². The molecule has 6 nitrogen and oxygen atoms in total. The second kappa shape index (κ2) is 6.27. The fourth-order valence-corrected chi connectivity index (χ4v) is 3.62. The van der Waals surface area contributed by atoms with Crippen molar-refractivity contribution in [3.05, 3.63) is 63.5 Å². The molecule has 0 spiro atoms. The summed E-state index contributed by atoms with van der Waals surface area (Å²) in [5, 5.41) is 4.31. The van der Waals surface area contributed by atoms with Crippen LogP contribution in [0.5, 0.6) is 5.75 Å². The number of methoxy groups -OCH3 is 1. The van der Waals surface area contributed by atoms with Gasteiger partial charge in [-0.05, 0) is 37.3 Å². The van der Waals surface area contributed by atoms with Crippen LogP contribution in [0.1, 0.15) is 15.4 Å². The smallest absolute Gasteiger partial charge is 0.349 e. The van der Waals surface area contributed by atoms with Crippen molar-refractivity contribution in [2.24, 2.45) is 0 Å². The Morgan fingerprint density at radius 3 is 2.88 bits per heavy atom. The highest BCUT2D eigenvalue weighted by Crippen LogP contribution is 2.26. The lowest BCUT2D eigenvalue weighted by Gasteiger charge is -2.07. The molecule has 26 heavy (non-hydrogen) atoms. The number of nitrogens with one attached hydrogen (secondary N) is 1. The molecule has 1 amide bonds. The fraction of sp³-hybridized carbons (Fsp3) is 0.105. The van der Waals surface area contributed by atoms with E-state index >= 15 is 0 Å². The van der Waals surface area contributed by atoms with Crippen molar-refractivity contribution in [3.8, 4) is 5.75 Å². The number of benzene rings is 2. The Balaban J connectivity index is 1.70. The lowest BCUT2D eigenvalue weighted by atomic mass is 10.1. The van der Waals surface area contributed by atoms with Crippen LogP contribution in [0.15, 0.2) is 51.7 Å². The van der Waals surface area contributed by atoms with Crippen LogP contribution < -0.4 is 15.7 Å². The molecular weight excluding hydrogens is 352 g/mol. The standard InChI is InChI=1S/C19H14N2O4S/c1-10-20-14-7-6-12(9-16(14)26-10)21-18(22)13-8-11-4-3-5-15(24-2)17(11)25-19(13)23/h3-9H,1-2H3,(H,21,22). The maximum absolute atomic E-state index is 12.6.